The molecule has 0 spiro atoms. The number of carbonyl (C=O) groups is 2. The third-order valence-electron chi connectivity index (χ3n) is 5.11. The molecule has 2 aliphatic rings. The highest BCUT2D eigenvalue weighted by molar-refractivity contribution is 5.99. The first-order valence-corrected chi connectivity index (χ1v) is 9.65. The molecule has 0 unspecified atom stereocenters. The summed E-state index contributed by atoms with van der Waals surface area (Å²) in [5.74, 6) is 1.49. The molecule has 2 amide bonds. The highest BCUT2D eigenvalue weighted by atomic mass is 16.5. The van der Waals surface area contributed by atoms with E-state index in [-0.39, 0.29) is 24.3 Å². The SMILES string of the molecule is COc1ccc(OCC(=O)Nc2ccc3c(c2)N(C(=O)C2CC2)CCC3)cc1. The number of methoxy groups -OCH3 is 1. The van der Waals surface area contributed by atoms with Gasteiger partial charge >= 0.3 is 0 Å². The maximum atomic E-state index is 12.6. The van der Waals surface area contributed by atoms with Crippen LogP contribution >= 0.6 is 0 Å². The first kappa shape index (κ1) is 18.3. The van der Waals surface area contributed by atoms with Crippen LogP contribution in [0.2, 0.25) is 0 Å². The molecule has 0 atom stereocenters. The first-order chi connectivity index (χ1) is 13.6. The summed E-state index contributed by atoms with van der Waals surface area (Å²) < 4.78 is 10.6. The Labute approximate surface area is 164 Å². The summed E-state index contributed by atoms with van der Waals surface area (Å²) in [5, 5.41) is 2.86. The third-order valence-corrected chi connectivity index (χ3v) is 5.11. The molecule has 6 heteroatoms. The summed E-state index contributed by atoms with van der Waals surface area (Å²) in [7, 11) is 1.60. The molecule has 1 aliphatic heterocycles. The smallest absolute Gasteiger partial charge is 0.262 e. The molecule has 2 aromatic rings. The molecule has 146 valence electrons. The second kappa shape index (κ2) is 7.92. The van der Waals surface area contributed by atoms with E-state index in [0.29, 0.717) is 11.4 Å². The van der Waals surface area contributed by atoms with Gasteiger partial charge in [0, 0.05) is 23.8 Å². The fraction of sp³-hybridized carbons (Fsp3) is 0.364. The molecule has 1 fully saturated rings. The lowest BCUT2D eigenvalue weighted by molar-refractivity contribution is -0.120. The Morgan fingerprint density at radius 3 is 2.57 bits per heavy atom. The normalized spacial score (nSPS) is 15.5. The second-order valence-electron chi connectivity index (χ2n) is 7.22. The number of anilines is 2. The van der Waals surface area contributed by atoms with Crippen LogP contribution in [0.15, 0.2) is 42.5 Å². The molecule has 2 aromatic carbocycles. The van der Waals surface area contributed by atoms with Gasteiger partial charge in [-0.1, -0.05) is 6.07 Å². The van der Waals surface area contributed by atoms with E-state index in [1.54, 1.807) is 31.4 Å². The Morgan fingerprint density at radius 2 is 1.86 bits per heavy atom. The molecule has 1 saturated carbocycles. The molecule has 1 aliphatic carbocycles. The van der Waals surface area contributed by atoms with Gasteiger partial charge in [-0.3, -0.25) is 9.59 Å². The van der Waals surface area contributed by atoms with Gasteiger partial charge in [-0.15, -0.1) is 0 Å². The largest absolute Gasteiger partial charge is 0.497 e. The Hall–Kier alpha value is -3.02. The maximum absolute atomic E-state index is 12.6. The van der Waals surface area contributed by atoms with Crippen molar-refractivity contribution in [3.05, 3.63) is 48.0 Å². The number of fused-ring (bicyclic) bond motifs is 1. The van der Waals surface area contributed by atoms with Crippen molar-refractivity contribution >= 4 is 23.2 Å². The highest BCUT2D eigenvalue weighted by Gasteiger charge is 2.35. The van der Waals surface area contributed by atoms with Gasteiger partial charge in [-0.25, -0.2) is 0 Å². The van der Waals surface area contributed by atoms with E-state index in [9.17, 15) is 9.59 Å². The number of hydrogen-bond donors (Lipinski definition) is 1. The number of amides is 2. The third kappa shape index (κ3) is 4.11. The Balaban J connectivity index is 1.39. The Morgan fingerprint density at radius 1 is 1.11 bits per heavy atom. The second-order valence-corrected chi connectivity index (χ2v) is 7.22. The number of ether oxygens (including phenoxy) is 2. The van der Waals surface area contributed by atoms with Gasteiger partial charge in [0.05, 0.1) is 7.11 Å². The van der Waals surface area contributed by atoms with Crippen molar-refractivity contribution in [2.75, 3.05) is 30.5 Å². The van der Waals surface area contributed by atoms with Crippen LogP contribution in [0.4, 0.5) is 11.4 Å². The van der Waals surface area contributed by atoms with Gasteiger partial charge in [-0.05, 0) is 67.6 Å². The Kier molecular flexibility index (Phi) is 5.19. The highest BCUT2D eigenvalue weighted by Crippen LogP contribution is 2.36. The molecular formula is C22H24N2O4. The fourth-order valence-electron chi connectivity index (χ4n) is 3.45. The van der Waals surface area contributed by atoms with Crippen molar-refractivity contribution in [3.8, 4) is 11.5 Å². The predicted octanol–water partition coefficient (Wildman–Crippen LogP) is 3.40. The molecule has 28 heavy (non-hydrogen) atoms. The van der Waals surface area contributed by atoms with Crippen molar-refractivity contribution < 1.29 is 19.1 Å². The molecule has 0 aromatic heterocycles. The van der Waals surface area contributed by atoms with Gasteiger partial charge in [0.25, 0.3) is 5.91 Å². The molecule has 0 radical (unpaired) electrons. The van der Waals surface area contributed by atoms with E-state index in [4.69, 9.17) is 9.47 Å². The summed E-state index contributed by atoms with van der Waals surface area (Å²) in [5.41, 5.74) is 2.77. The van der Waals surface area contributed by atoms with Crippen molar-refractivity contribution in [2.24, 2.45) is 5.92 Å². The van der Waals surface area contributed by atoms with Crippen LogP contribution in [0.5, 0.6) is 11.5 Å². The van der Waals surface area contributed by atoms with Gasteiger partial charge in [0.1, 0.15) is 11.5 Å². The van der Waals surface area contributed by atoms with Gasteiger partial charge in [0.2, 0.25) is 5.91 Å². The van der Waals surface area contributed by atoms with E-state index in [1.165, 1.54) is 0 Å². The predicted molar refractivity (Wildman–Crippen MR) is 107 cm³/mol. The molecule has 6 nitrogen and oxygen atoms in total. The van der Waals surface area contributed by atoms with E-state index in [2.05, 4.69) is 5.32 Å². The van der Waals surface area contributed by atoms with Crippen molar-refractivity contribution in [3.63, 3.8) is 0 Å². The fourth-order valence-corrected chi connectivity index (χ4v) is 3.45. The standard InChI is InChI=1S/C22H24N2O4/c1-27-18-8-10-19(11-9-18)28-14-21(25)23-17-7-6-15-3-2-12-24(20(15)13-17)22(26)16-4-5-16/h6-11,13,16H,2-5,12,14H2,1H3,(H,23,25). The number of rotatable bonds is 6. The molecular weight excluding hydrogens is 356 g/mol. The van der Waals surface area contributed by atoms with Gasteiger partial charge < -0.3 is 19.7 Å². The molecule has 1 heterocycles. The number of aryl methyl sites for hydroxylation is 1. The van der Waals surface area contributed by atoms with Crippen LogP contribution in [0.1, 0.15) is 24.8 Å². The summed E-state index contributed by atoms with van der Waals surface area (Å²) in [6.45, 7) is 0.661. The van der Waals surface area contributed by atoms with Crippen molar-refractivity contribution in [1.29, 1.82) is 0 Å². The van der Waals surface area contributed by atoms with Crippen LogP contribution in [0.3, 0.4) is 0 Å². The Bertz CT molecular complexity index is 875. The lowest BCUT2D eigenvalue weighted by atomic mass is 10.0. The lowest BCUT2D eigenvalue weighted by Gasteiger charge is -2.30. The van der Waals surface area contributed by atoms with Crippen molar-refractivity contribution in [2.45, 2.75) is 25.7 Å². The monoisotopic (exact) mass is 380 g/mol. The van der Waals surface area contributed by atoms with E-state index in [0.717, 1.165) is 49.2 Å². The molecule has 4 rings (SSSR count). The summed E-state index contributed by atoms with van der Waals surface area (Å²) in [6.07, 6.45) is 3.92. The van der Waals surface area contributed by atoms with Crippen LogP contribution < -0.4 is 19.7 Å². The number of carbonyl (C=O) groups excluding carboxylic acids is 2. The summed E-state index contributed by atoms with van der Waals surface area (Å²) in [4.78, 5) is 26.7. The van der Waals surface area contributed by atoms with Crippen LogP contribution in [-0.4, -0.2) is 32.1 Å². The van der Waals surface area contributed by atoms with Gasteiger partial charge in [-0.2, -0.15) is 0 Å². The van der Waals surface area contributed by atoms with Crippen LogP contribution in [0.25, 0.3) is 0 Å². The summed E-state index contributed by atoms with van der Waals surface area (Å²) >= 11 is 0. The zero-order valence-electron chi connectivity index (χ0n) is 15.9. The van der Waals surface area contributed by atoms with Crippen LogP contribution in [-0.2, 0) is 16.0 Å². The van der Waals surface area contributed by atoms with E-state index >= 15 is 0 Å². The number of nitrogens with one attached hydrogen (secondary N) is 1. The average molecular weight is 380 g/mol. The number of hydrogen-bond acceptors (Lipinski definition) is 4. The minimum Gasteiger partial charge on any atom is -0.497 e. The topological polar surface area (TPSA) is 67.9 Å². The first-order valence-electron chi connectivity index (χ1n) is 9.65. The van der Waals surface area contributed by atoms with E-state index in [1.807, 2.05) is 23.1 Å². The quantitative estimate of drug-likeness (QED) is 0.834. The average Bonchev–Trinajstić information content (AvgIpc) is 3.57. The minimum absolute atomic E-state index is 0.0892. The number of benzene rings is 2. The zero-order chi connectivity index (χ0) is 19.5. The zero-order valence-corrected chi connectivity index (χ0v) is 15.9. The maximum Gasteiger partial charge on any atom is 0.262 e. The molecule has 0 bridgehead atoms. The number of nitrogens with zero attached hydrogens (tertiary/aromatic N) is 1. The van der Waals surface area contributed by atoms with Gasteiger partial charge in [0.15, 0.2) is 6.61 Å². The van der Waals surface area contributed by atoms with Crippen LogP contribution in [0, 0.1) is 5.92 Å². The summed E-state index contributed by atoms with van der Waals surface area (Å²) in [6, 6.07) is 12.9. The van der Waals surface area contributed by atoms with E-state index < -0.39 is 0 Å². The minimum atomic E-state index is -0.244. The molecule has 1 N–H and O–H groups in total. The van der Waals surface area contributed by atoms with Crippen molar-refractivity contribution in [1.82, 2.24) is 0 Å². The molecule has 0 saturated heterocycles. The lowest BCUT2D eigenvalue weighted by Crippen LogP contribution is -2.36.